The van der Waals surface area contributed by atoms with Gasteiger partial charge in [-0.2, -0.15) is 0 Å². The molecule has 152 valence electrons. The van der Waals surface area contributed by atoms with Crippen LogP contribution in [0.25, 0.3) is 0 Å². The van der Waals surface area contributed by atoms with E-state index in [9.17, 15) is 14.4 Å². The van der Waals surface area contributed by atoms with Crippen LogP contribution in [0.2, 0.25) is 5.02 Å². The highest BCUT2D eigenvalue weighted by molar-refractivity contribution is 6.30. The predicted molar refractivity (Wildman–Crippen MR) is 110 cm³/mol. The molecule has 1 heterocycles. The molecule has 0 aliphatic carbocycles. The minimum atomic E-state index is -0.421. The Morgan fingerprint density at radius 1 is 0.926 bits per heavy atom. The number of hydrogen-bond acceptors (Lipinski definition) is 5. The molecule has 0 radical (unpaired) electrons. The third-order valence-corrected chi connectivity index (χ3v) is 4.14. The summed E-state index contributed by atoms with van der Waals surface area (Å²) in [5.74, 6) is -0.982. The van der Waals surface area contributed by atoms with Crippen LogP contribution >= 0.6 is 36.4 Å². The number of nitrogens with one attached hydrogen (secondary N) is 2. The Balaban J connectivity index is 0.00000338. The molecule has 8 nitrogen and oxygen atoms in total. The fourth-order valence-electron chi connectivity index (χ4n) is 2.47. The molecule has 1 aromatic rings. The third-order valence-electron chi connectivity index (χ3n) is 3.89. The van der Waals surface area contributed by atoms with Crippen LogP contribution in [0.5, 0.6) is 0 Å². The molecule has 1 fully saturated rings. The van der Waals surface area contributed by atoms with Gasteiger partial charge >= 0.3 is 0 Å². The molecule has 1 aliphatic heterocycles. The van der Waals surface area contributed by atoms with Gasteiger partial charge in [0.15, 0.2) is 0 Å². The van der Waals surface area contributed by atoms with Gasteiger partial charge in [-0.3, -0.25) is 14.4 Å². The molecule has 11 heteroatoms. The summed E-state index contributed by atoms with van der Waals surface area (Å²) in [5.41, 5.74) is 6.19. The zero-order chi connectivity index (χ0) is 18.2. The Labute approximate surface area is 175 Å². The van der Waals surface area contributed by atoms with E-state index in [1.807, 2.05) is 24.3 Å². The van der Waals surface area contributed by atoms with Crippen molar-refractivity contribution >= 4 is 59.8 Å². The van der Waals surface area contributed by atoms with Crippen LogP contribution in [0.1, 0.15) is 0 Å². The molecule has 0 unspecified atom stereocenters. The lowest BCUT2D eigenvalue weighted by molar-refractivity contribution is -0.133. The zero-order valence-electron chi connectivity index (χ0n) is 14.7. The molecule has 27 heavy (non-hydrogen) atoms. The van der Waals surface area contributed by atoms with E-state index in [0.29, 0.717) is 31.2 Å². The van der Waals surface area contributed by atoms with E-state index < -0.39 is 11.8 Å². The summed E-state index contributed by atoms with van der Waals surface area (Å²) in [6, 6.07) is 7.59. The molecule has 0 bridgehead atoms. The largest absolute Gasteiger partial charge is 0.368 e. The second-order valence-electron chi connectivity index (χ2n) is 5.60. The van der Waals surface area contributed by atoms with E-state index in [-0.39, 0.29) is 50.4 Å². The second-order valence-corrected chi connectivity index (χ2v) is 6.04. The van der Waals surface area contributed by atoms with Crippen molar-refractivity contribution in [2.75, 3.05) is 50.7 Å². The molecule has 2 rings (SSSR count). The first kappa shape index (κ1) is 25.3. The topological polar surface area (TPSA) is 108 Å². The Bertz CT molecular complexity index is 622. The van der Waals surface area contributed by atoms with Crippen LogP contribution in [0.4, 0.5) is 5.69 Å². The van der Waals surface area contributed by atoms with E-state index in [4.69, 9.17) is 17.3 Å². The molecule has 0 atom stereocenters. The van der Waals surface area contributed by atoms with E-state index in [1.165, 1.54) is 0 Å². The Morgan fingerprint density at radius 3 is 2.04 bits per heavy atom. The number of amides is 3. The van der Waals surface area contributed by atoms with Crippen molar-refractivity contribution in [3.05, 3.63) is 29.3 Å². The van der Waals surface area contributed by atoms with Crippen molar-refractivity contribution in [3.63, 3.8) is 0 Å². The van der Waals surface area contributed by atoms with Crippen molar-refractivity contribution in [2.24, 2.45) is 5.73 Å². The van der Waals surface area contributed by atoms with Gasteiger partial charge < -0.3 is 26.2 Å². The zero-order valence-corrected chi connectivity index (χ0v) is 17.0. The van der Waals surface area contributed by atoms with Crippen LogP contribution in [0, 0.1) is 0 Å². The Morgan fingerprint density at radius 2 is 1.48 bits per heavy atom. The number of nitrogens with two attached hydrogens (primary N) is 1. The third kappa shape index (κ3) is 8.21. The number of nitrogens with zero attached hydrogens (tertiary/aromatic N) is 2. The Hall–Kier alpha value is -1.74. The maximum atomic E-state index is 12.2. The maximum absolute atomic E-state index is 12.2. The summed E-state index contributed by atoms with van der Waals surface area (Å²) >= 11 is 5.89. The first-order chi connectivity index (χ1) is 12.0. The summed E-state index contributed by atoms with van der Waals surface area (Å²) in [7, 11) is 0. The SMILES string of the molecule is Cl.Cl.NCC(=O)NCC(=O)NCC(=O)N1CCN(c2ccc(Cl)cc2)CC1. The van der Waals surface area contributed by atoms with E-state index >= 15 is 0 Å². The van der Waals surface area contributed by atoms with Crippen LogP contribution in [0.15, 0.2) is 24.3 Å². The van der Waals surface area contributed by atoms with E-state index in [2.05, 4.69) is 15.5 Å². The van der Waals surface area contributed by atoms with Crippen molar-refractivity contribution in [1.82, 2.24) is 15.5 Å². The predicted octanol–water partition coefficient (Wildman–Crippen LogP) is 0.0233. The smallest absolute Gasteiger partial charge is 0.242 e. The minimum Gasteiger partial charge on any atom is -0.368 e. The Kier molecular flexibility index (Phi) is 11.8. The van der Waals surface area contributed by atoms with E-state index in [0.717, 1.165) is 5.69 Å². The average Bonchev–Trinajstić information content (AvgIpc) is 2.64. The van der Waals surface area contributed by atoms with Crippen molar-refractivity contribution in [1.29, 1.82) is 0 Å². The van der Waals surface area contributed by atoms with Gasteiger partial charge in [-0.05, 0) is 24.3 Å². The monoisotopic (exact) mass is 439 g/mol. The molecular weight excluding hydrogens is 417 g/mol. The van der Waals surface area contributed by atoms with Crippen LogP contribution in [-0.2, 0) is 14.4 Å². The van der Waals surface area contributed by atoms with Gasteiger partial charge in [0, 0.05) is 36.9 Å². The summed E-state index contributed by atoms with van der Waals surface area (Å²) in [5, 5.41) is 5.53. The van der Waals surface area contributed by atoms with Gasteiger partial charge in [-0.25, -0.2) is 0 Å². The van der Waals surface area contributed by atoms with Crippen LogP contribution in [0.3, 0.4) is 0 Å². The normalized spacial score (nSPS) is 13.1. The number of rotatable bonds is 6. The summed E-state index contributed by atoms with van der Waals surface area (Å²) in [6.45, 7) is 2.15. The molecule has 0 aromatic heterocycles. The van der Waals surface area contributed by atoms with Gasteiger partial charge in [0.25, 0.3) is 0 Å². The molecule has 1 aliphatic rings. The molecular formula is C16H24Cl3N5O3. The van der Waals surface area contributed by atoms with Gasteiger partial charge in [0.1, 0.15) is 0 Å². The van der Waals surface area contributed by atoms with Gasteiger partial charge in [-0.15, -0.1) is 24.8 Å². The number of carbonyl (C=O) groups excluding carboxylic acids is 3. The number of anilines is 1. The van der Waals surface area contributed by atoms with Crippen LogP contribution < -0.4 is 21.3 Å². The quantitative estimate of drug-likeness (QED) is 0.578. The number of benzene rings is 1. The lowest BCUT2D eigenvalue weighted by Gasteiger charge is -2.36. The van der Waals surface area contributed by atoms with E-state index in [1.54, 1.807) is 4.90 Å². The average molecular weight is 441 g/mol. The molecule has 0 spiro atoms. The maximum Gasteiger partial charge on any atom is 0.242 e. The lowest BCUT2D eigenvalue weighted by atomic mass is 10.2. The van der Waals surface area contributed by atoms with Gasteiger partial charge in [0.2, 0.25) is 17.7 Å². The fourth-order valence-corrected chi connectivity index (χ4v) is 2.59. The van der Waals surface area contributed by atoms with Crippen molar-refractivity contribution < 1.29 is 14.4 Å². The summed E-state index contributed by atoms with van der Waals surface area (Å²) in [4.78, 5) is 38.6. The minimum absolute atomic E-state index is 0. The first-order valence-corrected chi connectivity index (χ1v) is 8.39. The number of piperazine rings is 1. The standard InChI is InChI=1S/C16H22ClN5O3.2ClH/c17-12-1-3-13(4-2-12)21-5-7-22(8-6-21)16(25)11-20-15(24)10-19-14(23)9-18;;/h1-4H,5-11,18H2,(H,19,23)(H,20,24);2*1H. The molecule has 1 aromatic carbocycles. The molecule has 0 saturated carbocycles. The van der Waals surface area contributed by atoms with Crippen molar-refractivity contribution in [3.8, 4) is 0 Å². The fraction of sp³-hybridized carbons (Fsp3) is 0.438. The molecule has 1 saturated heterocycles. The number of hydrogen-bond donors (Lipinski definition) is 3. The van der Waals surface area contributed by atoms with Gasteiger partial charge in [0.05, 0.1) is 19.6 Å². The molecule has 3 amide bonds. The number of halogens is 3. The van der Waals surface area contributed by atoms with Crippen LogP contribution in [-0.4, -0.2) is 68.4 Å². The highest BCUT2D eigenvalue weighted by Crippen LogP contribution is 2.19. The lowest BCUT2D eigenvalue weighted by Crippen LogP contribution is -2.51. The van der Waals surface area contributed by atoms with Crippen molar-refractivity contribution in [2.45, 2.75) is 0 Å². The van der Waals surface area contributed by atoms with Gasteiger partial charge in [-0.1, -0.05) is 11.6 Å². The summed E-state index contributed by atoms with van der Waals surface area (Å²) in [6.07, 6.45) is 0. The highest BCUT2D eigenvalue weighted by atomic mass is 35.5. The number of carbonyl (C=O) groups is 3. The highest BCUT2D eigenvalue weighted by Gasteiger charge is 2.21. The second kappa shape index (κ2) is 12.6. The summed E-state index contributed by atoms with van der Waals surface area (Å²) < 4.78 is 0. The first-order valence-electron chi connectivity index (χ1n) is 8.01. The molecule has 4 N–H and O–H groups in total.